The molecule has 0 saturated carbocycles. The number of halogens is 2. The molecule has 0 aliphatic heterocycles. The van der Waals surface area contributed by atoms with Crippen LogP contribution in [0.15, 0.2) is 60.7 Å². The quantitative estimate of drug-likeness (QED) is 0.411. The molecular formula is C22H19ClINO3. The minimum atomic E-state index is -0.240. The summed E-state index contributed by atoms with van der Waals surface area (Å²) in [7, 11) is 1.59. The smallest absolute Gasteiger partial charge is 0.255 e. The van der Waals surface area contributed by atoms with Gasteiger partial charge in [-0.1, -0.05) is 48.0 Å². The van der Waals surface area contributed by atoms with Crippen LogP contribution in [-0.4, -0.2) is 13.0 Å². The maximum absolute atomic E-state index is 12.8. The van der Waals surface area contributed by atoms with E-state index in [4.69, 9.17) is 21.1 Å². The molecule has 0 aliphatic carbocycles. The molecule has 0 unspecified atom stereocenters. The summed E-state index contributed by atoms with van der Waals surface area (Å²) in [5.74, 6) is 0.883. The third-order valence-corrected chi connectivity index (χ3v) is 5.20. The molecule has 4 nitrogen and oxygen atoms in total. The van der Waals surface area contributed by atoms with Gasteiger partial charge in [0.25, 0.3) is 5.91 Å². The standard InChI is InChI=1S/C22H19ClINO3/c1-14-8-9-17(23)12-19(14)25-22(26)16-10-18(24)21(27-2)20(11-16)28-13-15-6-4-3-5-7-15/h3-12H,13H2,1-2H3,(H,25,26). The van der Waals surface area contributed by atoms with Crippen molar-refractivity contribution < 1.29 is 14.3 Å². The lowest BCUT2D eigenvalue weighted by atomic mass is 10.1. The molecule has 6 heteroatoms. The molecule has 3 aromatic rings. The van der Waals surface area contributed by atoms with Crippen molar-refractivity contribution in [2.75, 3.05) is 12.4 Å². The molecule has 144 valence electrons. The van der Waals surface area contributed by atoms with E-state index in [9.17, 15) is 4.79 Å². The van der Waals surface area contributed by atoms with Crippen LogP contribution in [0.4, 0.5) is 5.69 Å². The van der Waals surface area contributed by atoms with E-state index in [1.165, 1.54) is 0 Å². The number of carbonyl (C=O) groups excluding carboxylic acids is 1. The van der Waals surface area contributed by atoms with Crippen molar-refractivity contribution in [2.45, 2.75) is 13.5 Å². The van der Waals surface area contributed by atoms with Crippen molar-refractivity contribution in [2.24, 2.45) is 0 Å². The lowest BCUT2D eigenvalue weighted by Gasteiger charge is -2.15. The molecule has 1 amide bonds. The maximum atomic E-state index is 12.8. The number of carbonyl (C=O) groups is 1. The van der Waals surface area contributed by atoms with E-state index in [-0.39, 0.29) is 5.91 Å². The first-order valence-corrected chi connectivity index (χ1v) is 10.1. The summed E-state index contributed by atoms with van der Waals surface area (Å²) < 4.78 is 12.2. The highest BCUT2D eigenvalue weighted by atomic mass is 127. The number of aryl methyl sites for hydroxylation is 1. The van der Waals surface area contributed by atoms with Crippen LogP contribution in [0, 0.1) is 10.5 Å². The highest BCUT2D eigenvalue weighted by Crippen LogP contribution is 2.35. The number of hydrogen-bond donors (Lipinski definition) is 1. The molecule has 0 aromatic heterocycles. The summed E-state index contributed by atoms with van der Waals surface area (Å²) >= 11 is 8.18. The second-order valence-corrected chi connectivity index (χ2v) is 7.78. The van der Waals surface area contributed by atoms with Crippen LogP contribution in [0.25, 0.3) is 0 Å². The average Bonchev–Trinajstić information content (AvgIpc) is 2.69. The first-order chi connectivity index (χ1) is 13.5. The Morgan fingerprint density at radius 3 is 2.57 bits per heavy atom. The third-order valence-electron chi connectivity index (χ3n) is 4.16. The Morgan fingerprint density at radius 2 is 1.86 bits per heavy atom. The first-order valence-electron chi connectivity index (χ1n) is 8.59. The van der Waals surface area contributed by atoms with Crippen LogP contribution in [0.1, 0.15) is 21.5 Å². The second-order valence-electron chi connectivity index (χ2n) is 6.18. The first kappa shape index (κ1) is 20.5. The molecule has 3 rings (SSSR count). The van der Waals surface area contributed by atoms with Crippen LogP contribution in [0.2, 0.25) is 5.02 Å². The Hall–Kier alpha value is -2.25. The van der Waals surface area contributed by atoms with Crippen LogP contribution < -0.4 is 14.8 Å². The lowest BCUT2D eigenvalue weighted by Crippen LogP contribution is -2.13. The predicted octanol–water partition coefficient (Wildman–Crippen LogP) is 6.09. The summed E-state index contributed by atoms with van der Waals surface area (Å²) in [4.78, 5) is 12.8. The summed E-state index contributed by atoms with van der Waals surface area (Å²) in [6.45, 7) is 2.30. The van der Waals surface area contributed by atoms with Crippen LogP contribution in [-0.2, 0) is 6.61 Å². The topological polar surface area (TPSA) is 47.6 Å². The van der Waals surface area contributed by atoms with Gasteiger partial charge in [0, 0.05) is 16.3 Å². The minimum absolute atomic E-state index is 0.240. The fourth-order valence-electron chi connectivity index (χ4n) is 2.66. The van der Waals surface area contributed by atoms with Gasteiger partial charge in [-0.3, -0.25) is 4.79 Å². The SMILES string of the molecule is COc1c(I)cc(C(=O)Nc2cc(Cl)ccc2C)cc1OCc1ccccc1. The Labute approximate surface area is 183 Å². The highest BCUT2D eigenvalue weighted by molar-refractivity contribution is 14.1. The van der Waals surface area contributed by atoms with Crippen LogP contribution in [0.5, 0.6) is 11.5 Å². The number of ether oxygens (including phenoxy) is 2. The predicted molar refractivity (Wildman–Crippen MR) is 121 cm³/mol. The second kappa shape index (κ2) is 9.30. The van der Waals surface area contributed by atoms with E-state index < -0.39 is 0 Å². The van der Waals surface area contributed by atoms with Crippen molar-refractivity contribution in [3.8, 4) is 11.5 Å². The molecule has 1 N–H and O–H groups in total. The fourth-order valence-corrected chi connectivity index (χ4v) is 3.66. The van der Waals surface area contributed by atoms with Gasteiger partial charge in [0.1, 0.15) is 6.61 Å². The summed E-state index contributed by atoms with van der Waals surface area (Å²) in [6, 6.07) is 18.7. The largest absolute Gasteiger partial charge is 0.492 e. The van der Waals surface area contributed by atoms with Crippen LogP contribution >= 0.6 is 34.2 Å². The van der Waals surface area contributed by atoms with E-state index in [2.05, 4.69) is 27.9 Å². The van der Waals surface area contributed by atoms with Crippen molar-refractivity contribution in [1.82, 2.24) is 0 Å². The molecule has 28 heavy (non-hydrogen) atoms. The van der Waals surface area contributed by atoms with Crippen molar-refractivity contribution in [3.63, 3.8) is 0 Å². The monoisotopic (exact) mass is 507 g/mol. The molecule has 0 radical (unpaired) electrons. The Kier molecular flexibility index (Phi) is 6.80. The van der Waals surface area contributed by atoms with Gasteiger partial charge < -0.3 is 14.8 Å². The van der Waals surface area contributed by atoms with Gasteiger partial charge in [0.05, 0.1) is 10.7 Å². The van der Waals surface area contributed by atoms with Crippen molar-refractivity contribution >= 4 is 45.8 Å². The van der Waals surface area contributed by atoms with Crippen LogP contribution in [0.3, 0.4) is 0 Å². The van der Waals surface area contributed by atoms with Gasteiger partial charge in [0.2, 0.25) is 0 Å². The molecule has 0 saturated heterocycles. The van der Waals surface area contributed by atoms with E-state index in [1.807, 2.05) is 43.3 Å². The average molecular weight is 508 g/mol. The number of amides is 1. The Balaban J connectivity index is 1.85. The van der Waals surface area contributed by atoms with Gasteiger partial charge in [-0.05, 0) is 64.9 Å². The van der Waals surface area contributed by atoms with Crippen molar-refractivity contribution in [1.29, 1.82) is 0 Å². The van der Waals surface area contributed by atoms with Gasteiger partial charge in [-0.2, -0.15) is 0 Å². The number of anilines is 1. The summed E-state index contributed by atoms with van der Waals surface area (Å²) in [5.41, 5.74) is 3.12. The zero-order chi connectivity index (χ0) is 20.1. The summed E-state index contributed by atoms with van der Waals surface area (Å²) in [5, 5.41) is 3.48. The molecule has 0 spiro atoms. The lowest BCUT2D eigenvalue weighted by molar-refractivity contribution is 0.102. The minimum Gasteiger partial charge on any atom is -0.492 e. The number of hydrogen-bond acceptors (Lipinski definition) is 3. The molecule has 0 fully saturated rings. The Morgan fingerprint density at radius 1 is 1.11 bits per heavy atom. The van der Waals surface area contributed by atoms with Gasteiger partial charge in [-0.15, -0.1) is 0 Å². The number of nitrogens with one attached hydrogen (secondary N) is 1. The summed E-state index contributed by atoms with van der Waals surface area (Å²) in [6.07, 6.45) is 0. The highest BCUT2D eigenvalue weighted by Gasteiger charge is 2.16. The van der Waals surface area contributed by atoms with Gasteiger partial charge >= 0.3 is 0 Å². The van der Waals surface area contributed by atoms with Crippen molar-refractivity contribution in [3.05, 3.63) is 85.9 Å². The number of benzene rings is 3. The molecule has 3 aromatic carbocycles. The van der Waals surface area contributed by atoms with E-state index in [1.54, 1.807) is 31.4 Å². The van der Waals surface area contributed by atoms with E-state index in [0.717, 1.165) is 14.7 Å². The fraction of sp³-hybridized carbons (Fsp3) is 0.136. The van der Waals surface area contributed by atoms with Gasteiger partial charge in [0.15, 0.2) is 11.5 Å². The maximum Gasteiger partial charge on any atom is 0.255 e. The van der Waals surface area contributed by atoms with E-state index >= 15 is 0 Å². The normalized spacial score (nSPS) is 10.4. The Bertz CT molecular complexity index is 993. The zero-order valence-corrected chi connectivity index (χ0v) is 18.4. The number of rotatable bonds is 6. The third kappa shape index (κ3) is 4.97. The van der Waals surface area contributed by atoms with Gasteiger partial charge in [-0.25, -0.2) is 0 Å². The number of methoxy groups -OCH3 is 1. The molecule has 0 heterocycles. The molecule has 0 atom stereocenters. The molecular weight excluding hydrogens is 489 g/mol. The van der Waals surface area contributed by atoms with E-state index in [0.29, 0.717) is 34.4 Å². The molecule has 0 aliphatic rings. The zero-order valence-electron chi connectivity index (χ0n) is 15.5. The molecule has 0 bridgehead atoms.